The zero-order valence-corrected chi connectivity index (χ0v) is 7.42. The summed E-state index contributed by atoms with van der Waals surface area (Å²) in [5.41, 5.74) is 0.588. The highest BCUT2D eigenvalue weighted by atomic mass is 16.1. The smallest absolute Gasteiger partial charge is 0.271 e. The van der Waals surface area contributed by atoms with E-state index in [4.69, 9.17) is 0 Å². The van der Waals surface area contributed by atoms with Crippen LogP contribution in [0.2, 0.25) is 0 Å². The quantitative estimate of drug-likeness (QED) is 0.716. The summed E-state index contributed by atoms with van der Waals surface area (Å²) in [5, 5.41) is 3.12. The van der Waals surface area contributed by atoms with Crippen molar-refractivity contribution in [3.63, 3.8) is 0 Å². The van der Waals surface area contributed by atoms with Crippen molar-refractivity contribution in [2.24, 2.45) is 0 Å². The molecule has 1 atom stereocenters. The third-order valence-corrected chi connectivity index (χ3v) is 1.83. The van der Waals surface area contributed by atoms with Gasteiger partial charge in [0.1, 0.15) is 5.69 Å². The summed E-state index contributed by atoms with van der Waals surface area (Å²) < 4.78 is 0. The molecule has 1 unspecified atom stereocenters. The van der Waals surface area contributed by atoms with E-state index in [9.17, 15) is 4.79 Å². The van der Waals surface area contributed by atoms with Crippen molar-refractivity contribution in [1.82, 2.24) is 4.98 Å². The van der Waals surface area contributed by atoms with E-state index >= 15 is 0 Å². The lowest BCUT2D eigenvalue weighted by Gasteiger charge is -2.10. The number of hydrogen-bond donors (Lipinski definition) is 2. The maximum absolute atomic E-state index is 11.2. The number of H-pyrrole nitrogens is 1. The molecule has 66 valence electrons. The van der Waals surface area contributed by atoms with Crippen LogP contribution >= 0.6 is 0 Å². The third-order valence-electron chi connectivity index (χ3n) is 1.83. The van der Waals surface area contributed by atoms with Crippen molar-refractivity contribution in [2.75, 3.05) is 5.32 Å². The van der Waals surface area contributed by atoms with Gasteiger partial charge in [-0.25, -0.2) is 0 Å². The minimum absolute atomic E-state index is 0.0576. The van der Waals surface area contributed by atoms with E-state index in [2.05, 4.69) is 17.2 Å². The predicted molar refractivity (Wildman–Crippen MR) is 50.4 cm³/mol. The molecule has 1 aromatic rings. The van der Waals surface area contributed by atoms with Crippen LogP contribution in [0.5, 0.6) is 0 Å². The van der Waals surface area contributed by atoms with Crippen molar-refractivity contribution in [1.29, 1.82) is 0 Å². The molecular weight excluding hydrogens is 152 g/mol. The first-order valence-corrected chi connectivity index (χ1v) is 4.18. The number of nitrogens with one attached hydrogen (secondary N) is 2. The van der Waals surface area contributed by atoms with Gasteiger partial charge in [-0.3, -0.25) is 4.79 Å². The van der Waals surface area contributed by atoms with Gasteiger partial charge in [0.15, 0.2) is 0 Å². The van der Waals surface area contributed by atoms with Gasteiger partial charge in [-0.1, -0.05) is 6.92 Å². The fourth-order valence-electron chi connectivity index (χ4n) is 0.903. The van der Waals surface area contributed by atoms with Crippen LogP contribution in [0.25, 0.3) is 0 Å². The van der Waals surface area contributed by atoms with Crippen molar-refractivity contribution < 1.29 is 0 Å². The molecule has 1 heterocycles. The average Bonchev–Trinajstić information content (AvgIpc) is 2.09. The van der Waals surface area contributed by atoms with Crippen LogP contribution in [0.3, 0.4) is 0 Å². The Bertz CT molecular complexity index is 293. The lowest BCUT2D eigenvalue weighted by atomic mass is 10.2. The van der Waals surface area contributed by atoms with E-state index in [1.807, 2.05) is 13.0 Å². The fraction of sp³-hybridized carbons (Fsp3) is 0.444. The topological polar surface area (TPSA) is 44.9 Å². The Labute approximate surface area is 71.8 Å². The minimum atomic E-state index is -0.0576. The molecule has 0 radical (unpaired) electrons. The number of rotatable bonds is 3. The molecule has 0 amide bonds. The van der Waals surface area contributed by atoms with Gasteiger partial charge in [0.25, 0.3) is 5.56 Å². The van der Waals surface area contributed by atoms with Gasteiger partial charge in [-0.05, 0) is 25.5 Å². The number of hydrogen-bond acceptors (Lipinski definition) is 2. The van der Waals surface area contributed by atoms with E-state index in [1.165, 1.54) is 0 Å². The van der Waals surface area contributed by atoms with Gasteiger partial charge in [-0.2, -0.15) is 0 Å². The minimum Gasteiger partial charge on any atom is -0.378 e. The Morgan fingerprint density at radius 2 is 2.42 bits per heavy atom. The van der Waals surface area contributed by atoms with Crippen LogP contribution in [0, 0.1) is 0 Å². The fourth-order valence-corrected chi connectivity index (χ4v) is 0.903. The molecule has 0 saturated carbocycles. The Morgan fingerprint density at radius 1 is 1.67 bits per heavy atom. The number of aromatic nitrogens is 1. The van der Waals surface area contributed by atoms with Gasteiger partial charge in [0.05, 0.1) is 0 Å². The lowest BCUT2D eigenvalue weighted by Crippen LogP contribution is -2.20. The molecule has 3 heteroatoms. The van der Waals surface area contributed by atoms with E-state index in [-0.39, 0.29) is 5.56 Å². The molecule has 3 nitrogen and oxygen atoms in total. The summed E-state index contributed by atoms with van der Waals surface area (Å²) in [4.78, 5) is 13.8. The summed E-state index contributed by atoms with van der Waals surface area (Å²) in [6, 6.07) is 3.94. The molecule has 0 spiro atoms. The monoisotopic (exact) mass is 166 g/mol. The van der Waals surface area contributed by atoms with Gasteiger partial charge < -0.3 is 10.3 Å². The summed E-state index contributed by atoms with van der Waals surface area (Å²) >= 11 is 0. The first-order chi connectivity index (χ1) is 5.74. The zero-order chi connectivity index (χ0) is 8.97. The number of anilines is 1. The molecule has 0 aliphatic heterocycles. The van der Waals surface area contributed by atoms with Crippen LogP contribution in [0.1, 0.15) is 20.3 Å². The molecule has 0 aromatic carbocycles. The van der Waals surface area contributed by atoms with Crippen molar-refractivity contribution in [3.05, 3.63) is 28.7 Å². The van der Waals surface area contributed by atoms with Crippen LogP contribution < -0.4 is 10.9 Å². The second-order valence-electron chi connectivity index (χ2n) is 2.87. The summed E-state index contributed by atoms with van der Waals surface area (Å²) in [7, 11) is 0. The van der Waals surface area contributed by atoms with E-state index in [0.717, 1.165) is 6.42 Å². The highest BCUT2D eigenvalue weighted by molar-refractivity contribution is 5.40. The van der Waals surface area contributed by atoms with Crippen molar-refractivity contribution >= 4 is 5.69 Å². The molecular formula is C9H14N2O. The van der Waals surface area contributed by atoms with Crippen LogP contribution in [-0.2, 0) is 0 Å². The molecule has 2 N–H and O–H groups in total. The molecule has 0 fully saturated rings. The Balaban J connectivity index is 2.76. The molecule has 12 heavy (non-hydrogen) atoms. The van der Waals surface area contributed by atoms with Gasteiger partial charge in [0.2, 0.25) is 0 Å². The second kappa shape index (κ2) is 3.95. The summed E-state index contributed by atoms with van der Waals surface area (Å²) in [5.74, 6) is 0. The Hall–Kier alpha value is -1.25. The maximum Gasteiger partial charge on any atom is 0.271 e. The first kappa shape index (κ1) is 8.84. The lowest BCUT2D eigenvalue weighted by molar-refractivity contribution is 0.762. The summed E-state index contributed by atoms with van der Waals surface area (Å²) in [6.07, 6.45) is 2.64. The van der Waals surface area contributed by atoms with Crippen molar-refractivity contribution in [3.8, 4) is 0 Å². The largest absolute Gasteiger partial charge is 0.378 e. The Morgan fingerprint density at radius 3 is 3.00 bits per heavy atom. The predicted octanol–water partition coefficient (Wildman–Crippen LogP) is 1.59. The molecule has 1 rings (SSSR count). The van der Waals surface area contributed by atoms with E-state index in [1.54, 1.807) is 12.3 Å². The van der Waals surface area contributed by atoms with Gasteiger partial charge in [0, 0.05) is 12.2 Å². The SMILES string of the molecule is CCC(C)Nc1ccc[nH]c1=O. The Kier molecular flexibility index (Phi) is 2.91. The van der Waals surface area contributed by atoms with Crippen molar-refractivity contribution in [2.45, 2.75) is 26.3 Å². The highest BCUT2D eigenvalue weighted by Gasteiger charge is 2.00. The van der Waals surface area contributed by atoms with E-state index in [0.29, 0.717) is 11.7 Å². The normalized spacial score (nSPS) is 12.5. The standard InChI is InChI=1S/C9H14N2O/c1-3-7(2)11-8-5-4-6-10-9(8)12/h4-7,11H,3H2,1-2H3,(H,10,12). The zero-order valence-electron chi connectivity index (χ0n) is 7.42. The van der Waals surface area contributed by atoms with Crippen LogP contribution in [0.15, 0.2) is 23.1 Å². The second-order valence-corrected chi connectivity index (χ2v) is 2.87. The molecule has 0 aliphatic carbocycles. The number of aromatic amines is 1. The van der Waals surface area contributed by atoms with E-state index < -0.39 is 0 Å². The molecule has 0 bridgehead atoms. The van der Waals surface area contributed by atoms with Crippen LogP contribution in [0.4, 0.5) is 5.69 Å². The molecule has 0 saturated heterocycles. The van der Waals surface area contributed by atoms with Crippen LogP contribution in [-0.4, -0.2) is 11.0 Å². The first-order valence-electron chi connectivity index (χ1n) is 4.18. The highest BCUT2D eigenvalue weighted by Crippen LogP contribution is 2.01. The maximum atomic E-state index is 11.2. The third kappa shape index (κ3) is 2.12. The number of pyridine rings is 1. The van der Waals surface area contributed by atoms with Gasteiger partial charge in [-0.15, -0.1) is 0 Å². The van der Waals surface area contributed by atoms with Gasteiger partial charge >= 0.3 is 0 Å². The summed E-state index contributed by atoms with van der Waals surface area (Å²) in [6.45, 7) is 4.13. The average molecular weight is 166 g/mol. The molecule has 0 aliphatic rings. The molecule has 1 aromatic heterocycles.